The minimum Gasteiger partial charge on any atom is -0.544 e. The van der Waals surface area contributed by atoms with Crippen molar-refractivity contribution in [3.8, 4) is 5.75 Å². The summed E-state index contributed by atoms with van der Waals surface area (Å²) >= 11 is 2.19. The van der Waals surface area contributed by atoms with Crippen molar-refractivity contribution in [1.29, 1.82) is 0 Å². The number of halogens is 1. The van der Waals surface area contributed by atoms with Gasteiger partial charge in [0.05, 0.1) is 7.11 Å². The summed E-state index contributed by atoms with van der Waals surface area (Å²) in [6, 6.07) is 5.47. The van der Waals surface area contributed by atoms with Gasteiger partial charge in [-0.1, -0.05) is 0 Å². The summed E-state index contributed by atoms with van der Waals surface area (Å²) in [5.41, 5.74) is 0.491. The van der Waals surface area contributed by atoms with Gasteiger partial charge in [-0.05, 0) is 60.4 Å². The number of ether oxygens (including phenoxy) is 1. The van der Waals surface area contributed by atoms with E-state index >= 15 is 0 Å². The number of carbonyl (C=O) groups excluding carboxylic acids is 1. The number of carbonyl (C=O) groups is 1. The molecular weight excluding hydrogens is 335 g/mol. The van der Waals surface area contributed by atoms with E-state index in [9.17, 15) is 4.79 Å². The van der Waals surface area contributed by atoms with Crippen LogP contribution in [0.3, 0.4) is 0 Å². The molecule has 1 aromatic carbocycles. The van der Waals surface area contributed by atoms with Gasteiger partial charge in [-0.3, -0.25) is 0 Å². The first-order valence-electron chi connectivity index (χ1n) is 4.90. The number of hydrogen-bond acceptors (Lipinski definition) is 3. The lowest BCUT2D eigenvalue weighted by molar-refractivity contribution is 0.0598. The molecule has 0 aromatic heterocycles. The summed E-state index contributed by atoms with van der Waals surface area (Å²) in [5.74, 6) is 0.266. The van der Waals surface area contributed by atoms with Gasteiger partial charge in [0.25, 0.3) is 0 Å². The lowest BCUT2D eigenvalue weighted by atomic mass is 10.2. The van der Waals surface area contributed by atoms with E-state index in [-0.39, 0.29) is 5.97 Å². The average Bonchev–Trinajstić information content (AvgIpc) is 2.14. The molecular formula is C11H15IO3Si. The molecule has 3 nitrogen and oxygen atoms in total. The highest BCUT2D eigenvalue weighted by Crippen LogP contribution is 2.25. The van der Waals surface area contributed by atoms with Crippen LogP contribution < -0.4 is 4.43 Å². The number of benzene rings is 1. The molecule has 0 saturated heterocycles. The van der Waals surface area contributed by atoms with E-state index in [0.717, 1.165) is 3.57 Å². The fraction of sp³-hybridized carbons (Fsp3) is 0.364. The topological polar surface area (TPSA) is 35.5 Å². The fourth-order valence-corrected chi connectivity index (χ4v) is 2.48. The molecule has 0 atom stereocenters. The molecule has 0 radical (unpaired) electrons. The van der Waals surface area contributed by atoms with Gasteiger partial charge >= 0.3 is 5.97 Å². The van der Waals surface area contributed by atoms with Gasteiger partial charge < -0.3 is 9.16 Å². The van der Waals surface area contributed by atoms with E-state index in [0.29, 0.717) is 11.3 Å². The van der Waals surface area contributed by atoms with Crippen LogP contribution in [0, 0.1) is 3.57 Å². The number of methoxy groups -OCH3 is 1. The Balaban J connectivity index is 3.13. The molecule has 0 unspecified atom stereocenters. The second kappa shape index (κ2) is 5.18. The zero-order valence-electron chi connectivity index (χ0n) is 9.83. The van der Waals surface area contributed by atoms with Crippen LogP contribution in [-0.2, 0) is 4.74 Å². The molecule has 0 amide bonds. The van der Waals surface area contributed by atoms with Crippen molar-refractivity contribution in [2.75, 3.05) is 7.11 Å². The maximum Gasteiger partial charge on any atom is 0.341 e. The molecule has 0 bridgehead atoms. The van der Waals surface area contributed by atoms with Gasteiger partial charge in [0.2, 0.25) is 8.32 Å². The summed E-state index contributed by atoms with van der Waals surface area (Å²) in [4.78, 5) is 11.5. The normalized spacial score (nSPS) is 11.1. The zero-order chi connectivity index (χ0) is 12.3. The van der Waals surface area contributed by atoms with E-state index in [1.165, 1.54) is 7.11 Å². The summed E-state index contributed by atoms with van der Waals surface area (Å²) in [6.45, 7) is 6.23. The Morgan fingerprint density at radius 2 is 1.94 bits per heavy atom. The largest absolute Gasteiger partial charge is 0.544 e. The molecule has 0 saturated carbocycles. The third-order valence-corrected chi connectivity index (χ3v) is 3.27. The van der Waals surface area contributed by atoms with Crippen LogP contribution in [0.2, 0.25) is 19.6 Å². The SMILES string of the molecule is COC(=O)c1ccc(I)cc1O[Si](C)(C)C. The molecule has 0 heterocycles. The van der Waals surface area contributed by atoms with Crippen LogP contribution in [0.1, 0.15) is 10.4 Å². The second-order valence-corrected chi connectivity index (χ2v) is 10.0. The number of rotatable bonds is 3. The Labute approximate surface area is 110 Å². The van der Waals surface area contributed by atoms with Crippen LogP contribution in [-0.4, -0.2) is 21.4 Å². The highest BCUT2D eigenvalue weighted by Gasteiger charge is 2.21. The second-order valence-electron chi connectivity index (χ2n) is 4.35. The van der Waals surface area contributed by atoms with Crippen LogP contribution in [0.15, 0.2) is 18.2 Å². The zero-order valence-corrected chi connectivity index (χ0v) is 13.0. The van der Waals surface area contributed by atoms with Gasteiger partial charge in [0.1, 0.15) is 11.3 Å². The average molecular weight is 350 g/mol. The van der Waals surface area contributed by atoms with Gasteiger partial charge in [0, 0.05) is 3.57 Å². The van der Waals surface area contributed by atoms with Crippen molar-refractivity contribution < 1.29 is 14.0 Å². The molecule has 0 aliphatic rings. The highest BCUT2D eigenvalue weighted by molar-refractivity contribution is 14.1. The molecule has 0 spiro atoms. The van der Waals surface area contributed by atoms with Crippen molar-refractivity contribution in [1.82, 2.24) is 0 Å². The van der Waals surface area contributed by atoms with Crippen LogP contribution in [0.4, 0.5) is 0 Å². The third kappa shape index (κ3) is 3.78. The maximum atomic E-state index is 11.5. The highest BCUT2D eigenvalue weighted by atomic mass is 127. The van der Waals surface area contributed by atoms with Crippen LogP contribution >= 0.6 is 22.6 Å². The molecule has 16 heavy (non-hydrogen) atoms. The first-order chi connectivity index (χ1) is 7.33. The molecule has 5 heteroatoms. The van der Waals surface area contributed by atoms with Gasteiger partial charge in [-0.15, -0.1) is 0 Å². The maximum absolute atomic E-state index is 11.5. The van der Waals surface area contributed by atoms with Gasteiger partial charge in [-0.2, -0.15) is 0 Å². The summed E-state index contributed by atoms with van der Waals surface area (Å²) < 4.78 is 11.6. The molecule has 88 valence electrons. The van der Waals surface area contributed by atoms with E-state index in [4.69, 9.17) is 9.16 Å². The third-order valence-electron chi connectivity index (χ3n) is 1.77. The predicted molar refractivity (Wildman–Crippen MR) is 74.5 cm³/mol. The fourth-order valence-electron chi connectivity index (χ4n) is 1.19. The monoisotopic (exact) mass is 350 g/mol. The molecule has 0 aliphatic carbocycles. The molecule has 1 rings (SSSR count). The van der Waals surface area contributed by atoms with Crippen molar-refractivity contribution in [3.05, 3.63) is 27.3 Å². The van der Waals surface area contributed by atoms with E-state index in [2.05, 4.69) is 42.2 Å². The first-order valence-corrected chi connectivity index (χ1v) is 9.39. The van der Waals surface area contributed by atoms with Crippen molar-refractivity contribution in [2.24, 2.45) is 0 Å². The lowest BCUT2D eigenvalue weighted by Gasteiger charge is -2.21. The lowest BCUT2D eigenvalue weighted by Crippen LogP contribution is -2.30. The van der Waals surface area contributed by atoms with E-state index in [1.54, 1.807) is 6.07 Å². The van der Waals surface area contributed by atoms with Crippen LogP contribution in [0.5, 0.6) is 5.75 Å². The smallest absolute Gasteiger partial charge is 0.341 e. The molecule has 0 aliphatic heterocycles. The van der Waals surface area contributed by atoms with Gasteiger partial charge in [0.15, 0.2) is 0 Å². The van der Waals surface area contributed by atoms with Crippen LogP contribution in [0.25, 0.3) is 0 Å². The summed E-state index contributed by atoms with van der Waals surface area (Å²) in [5, 5.41) is 0. The standard InChI is InChI=1S/C11H15IO3Si/c1-14-11(13)9-6-5-8(12)7-10(9)15-16(2,3)4/h5-7H,1-4H3. The number of hydrogen-bond donors (Lipinski definition) is 0. The Bertz CT molecular complexity index is 399. The summed E-state index contributed by atoms with van der Waals surface area (Å²) in [6.07, 6.45) is 0. The van der Waals surface area contributed by atoms with Gasteiger partial charge in [-0.25, -0.2) is 4.79 Å². The molecule has 1 aromatic rings. The Hall–Kier alpha value is -0.563. The van der Waals surface area contributed by atoms with E-state index < -0.39 is 8.32 Å². The van der Waals surface area contributed by atoms with E-state index in [1.807, 2.05) is 12.1 Å². The molecule has 0 N–H and O–H groups in total. The minimum absolute atomic E-state index is 0.357. The minimum atomic E-state index is -1.72. The quantitative estimate of drug-likeness (QED) is 0.477. The number of esters is 1. The predicted octanol–water partition coefficient (Wildman–Crippen LogP) is 3.29. The van der Waals surface area contributed by atoms with Crippen molar-refractivity contribution in [3.63, 3.8) is 0 Å². The summed E-state index contributed by atoms with van der Waals surface area (Å²) in [7, 11) is -0.348. The Morgan fingerprint density at radius 3 is 2.44 bits per heavy atom. The molecule has 0 fully saturated rings. The Morgan fingerprint density at radius 1 is 1.31 bits per heavy atom. The Kier molecular flexibility index (Phi) is 4.37. The van der Waals surface area contributed by atoms with Crippen molar-refractivity contribution >= 4 is 36.9 Å². The first kappa shape index (κ1) is 13.5. The van der Waals surface area contributed by atoms with Crippen molar-refractivity contribution in [2.45, 2.75) is 19.6 Å².